The molecule has 8 heteroatoms. The maximum Gasteiger partial charge on any atom is 0.176 e. The van der Waals surface area contributed by atoms with Gasteiger partial charge < -0.3 is 10.6 Å². The van der Waals surface area contributed by atoms with E-state index in [0.29, 0.717) is 16.8 Å². The molecule has 0 saturated carbocycles. The van der Waals surface area contributed by atoms with Crippen molar-refractivity contribution in [3.05, 3.63) is 76.4 Å². The average molecular weight is 423 g/mol. The van der Waals surface area contributed by atoms with Crippen molar-refractivity contribution in [3.8, 4) is 0 Å². The molecule has 1 heterocycles. The molecule has 2 aromatic carbocycles. The van der Waals surface area contributed by atoms with Gasteiger partial charge in [-0.25, -0.2) is 8.78 Å². The number of thiocarbonyl (C=S) groups is 1. The van der Waals surface area contributed by atoms with Crippen LogP contribution < -0.4 is 10.6 Å². The van der Waals surface area contributed by atoms with E-state index in [0.717, 1.165) is 5.56 Å². The lowest BCUT2D eigenvalue weighted by Gasteiger charge is -2.09. The van der Waals surface area contributed by atoms with Gasteiger partial charge in [0, 0.05) is 6.20 Å². The van der Waals surface area contributed by atoms with E-state index in [-0.39, 0.29) is 16.6 Å². The van der Waals surface area contributed by atoms with E-state index in [1.807, 2.05) is 0 Å². The van der Waals surface area contributed by atoms with Crippen molar-refractivity contribution in [1.29, 1.82) is 0 Å². The van der Waals surface area contributed by atoms with E-state index in [2.05, 4.69) is 31.7 Å². The predicted octanol–water partition coefficient (Wildman–Crippen LogP) is 4.78. The summed E-state index contributed by atoms with van der Waals surface area (Å²) < 4.78 is 29.0. The van der Waals surface area contributed by atoms with Crippen LogP contribution in [0.2, 0.25) is 0 Å². The summed E-state index contributed by atoms with van der Waals surface area (Å²) in [7, 11) is 0. The minimum Gasteiger partial charge on any atom is -0.330 e. The van der Waals surface area contributed by atoms with Crippen LogP contribution in [0, 0.1) is 11.6 Å². The largest absolute Gasteiger partial charge is 0.330 e. The van der Waals surface area contributed by atoms with E-state index < -0.39 is 5.82 Å². The van der Waals surface area contributed by atoms with Crippen LogP contribution in [0.3, 0.4) is 0 Å². The zero-order valence-corrected chi connectivity index (χ0v) is 15.2. The Balaban J connectivity index is 1.67. The molecule has 0 spiro atoms. The van der Waals surface area contributed by atoms with Crippen molar-refractivity contribution >= 4 is 44.8 Å². The first-order chi connectivity index (χ1) is 12.0. The van der Waals surface area contributed by atoms with Gasteiger partial charge in [-0.2, -0.15) is 5.10 Å². The summed E-state index contributed by atoms with van der Waals surface area (Å²) in [6.45, 7) is 0.480. The summed E-state index contributed by atoms with van der Waals surface area (Å²) in [6.07, 6.45) is 1.78. The molecular weight excluding hydrogens is 410 g/mol. The van der Waals surface area contributed by atoms with Crippen molar-refractivity contribution in [2.45, 2.75) is 6.54 Å². The van der Waals surface area contributed by atoms with Crippen molar-refractivity contribution in [2.24, 2.45) is 0 Å². The van der Waals surface area contributed by atoms with E-state index in [1.54, 1.807) is 41.2 Å². The second-order valence-corrected chi connectivity index (χ2v) is 6.47. The maximum absolute atomic E-state index is 13.6. The van der Waals surface area contributed by atoms with Crippen molar-refractivity contribution in [2.75, 3.05) is 10.6 Å². The van der Waals surface area contributed by atoms with Gasteiger partial charge in [0.2, 0.25) is 0 Å². The van der Waals surface area contributed by atoms with Gasteiger partial charge in [0.25, 0.3) is 0 Å². The Morgan fingerprint density at radius 3 is 2.52 bits per heavy atom. The van der Waals surface area contributed by atoms with Crippen LogP contribution in [-0.2, 0) is 6.54 Å². The third kappa shape index (κ3) is 4.61. The number of hydrogen-bond donors (Lipinski definition) is 2. The Morgan fingerprint density at radius 2 is 1.80 bits per heavy atom. The summed E-state index contributed by atoms with van der Waals surface area (Å²) in [5, 5.41) is 10.3. The molecule has 25 heavy (non-hydrogen) atoms. The second kappa shape index (κ2) is 7.71. The summed E-state index contributed by atoms with van der Waals surface area (Å²) in [4.78, 5) is 0. The van der Waals surface area contributed by atoms with Crippen LogP contribution in [0.4, 0.5) is 20.3 Å². The first-order valence-corrected chi connectivity index (χ1v) is 8.51. The van der Waals surface area contributed by atoms with E-state index in [1.165, 1.54) is 18.2 Å². The highest BCUT2D eigenvalue weighted by Gasteiger charge is 2.10. The number of anilines is 2. The van der Waals surface area contributed by atoms with Gasteiger partial charge in [-0.3, -0.25) is 4.68 Å². The zero-order chi connectivity index (χ0) is 17.8. The number of benzene rings is 2. The Labute approximate surface area is 157 Å². The Kier molecular flexibility index (Phi) is 5.40. The summed E-state index contributed by atoms with van der Waals surface area (Å²) in [5.41, 5.74) is 1.19. The highest BCUT2D eigenvalue weighted by Crippen LogP contribution is 2.21. The SMILES string of the molecule is Fc1ccc(Cn2cc(Br)c(NC(=S)Nc3ccccc3F)n2)cc1. The number of halogens is 3. The van der Waals surface area contributed by atoms with Crippen molar-refractivity contribution in [3.63, 3.8) is 0 Å². The molecule has 3 rings (SSSR count). The fraction of sp³-hybridized carbons (Fsp3) is 0.0588. The van der Waals surface area contributed by atoms with Gasteiger partial charge in [0.1, 0.15) is 11.6 Å². The van der Waals surface area contributed by atoms with Gasteiger partial charge in [0.05, 0.1) is 16.7 Å². The van der Waals surface area contributed by atoms with E-state index >= 15 is 0 Å². The topological polar surface area (TPSA) is 41.9 Å². The molecule has 0 amide bonds. The molecule has 0 radical (unpaired) electrons. The standard InChI is InChI=1S/C17H13BrF2N4S/c18-13-10-24(9-11-5-7-12(19)8-6-11)23-16(13)22-17(25)21-15-4-2-1-3-14(15)20/h1-8,10H,9H2,(H2,21,22,23,25). The van der Waals surface area contributed by atoms with Crippen LogP contribution in [-0.4, -0.2) is 14.9 Å². The Morgan fingerprint density at radius 1 is 1.08 bits per heavy atom. The fourth-order valence-corrected chi connectivity index (χ4v) is 2.78. The number of hydrogen-bond acceptors (Lipinski definition) is 2. The molecule has 0 saturated heterocycles. The van der Waals surface area contributed by atoms with Crippen LogP contribution in [0.25, 0.3) is 0 Å². The number of aromatic nitrogens is 2. The molecular formula is C17H13BrF2N4S. The molecule has 1 aromatic heterocycles. The van der Waals surface area contributed by atoms with Gasteiger partial charge in [0.15, 0.2) is 10.9 Å². The van der Waals surface area contributed by atoms with Crippen LogP contribution >= 0.6 is 28.1 Å². The van der Waals surface area contributed by atoms with E-state index in [9.17, 15) is 8.78 Å². The lowest BCUT2D eigenvalue weighted by atomic mass is 10.2. The minimum atomic E-state index is -0.396. The number of nitrogens with one attached hydrogen (secondary N) is 2. The third-order valence-electron chi connectivity index (χ3n) is 3.33. The number of para-hydroxylation sites is 1. The van der Waals surface area contributed by atoms with Gasteiger partial charge >= 0.3 is 0 Å². The zero-order valence-electron chi connectivity index (χ0n) is 12.8. The molecule has 0 aliphatic rings. The normalized spacial score (nSPS) is 10.5. The van der Waals surface area contributed by atoms with Gasteiger partial charge in [-0.05, 0) is 58.0 Å². The lowest BCUT2D eigenvalue weighted by Crippen LogP contribution is -2.20. The fourth-order valence-electron chi connectivity index (χ4n) is 2.16. The Hall–Kier alpha value is -2.32. The first kappa shape index (κ1) is 17.5. The smallest absolute Gasteiger partial charge is 0.176 e. The highest BCUT2D eigenvalue weighted by atomic mass is 79.9. The molecule has 0 aliphatic heterocycles. The third-order valence-corrected chi connectivity index (χ3v) is 4.11. The number of rotatable bonds is 4. The van der Waals surface area contributed by atoms with Crippen LogP contribution in [0.15, 0.2) is 59.2 Å². The molecule has 2 N–H and O–H groups in total. The molecule has 0 unspecified atom stereocenters. The van der Waals surface area contributed by atoms with Crippen LogP contribution in [0.5, 0.6) is 0 Å². The maximum atomic E-state index is 13.6. The van der Waals surface area contributed by atoms with Crippen LogP contribution in [0.1, 0.15) is 5.56 Å². The van der Waals surface area contributed by atoms with Gasteiger partial charge in [-0.1, -0.05) is 24.3 Å². The molecule has 0 bridgehead atoms. The quantitative estimate of drug-likeness (QED) is 0.593. The highest BCUT2D eigenvalue weighted by molar-refractivity contribution is 9.10. The molecule has 0 fully saturated rings. The monoisotopic (exact) mass is 422 g/mol. The summed E-state index contributed by atoms with van der Waals surface area (Å²) in [5.74, 6) is -0.180. The average Bonchev–Trinajstić information content (AvgIpc) is 2.91. The molecule has 3 aromatic rings. The Bertz CT molecular complexity index is 896. The molecule has 0 atom stereocenters. The van der Waals surface area contributed by atoms with Crippen molar-refractivity contribution < 1.29 is 8.78 Å². The first-order valence-electron chi connectivity index (χ1n) is 7.31. The van der Waals surface area contributed by atoms with E-state index in [4.69, 9.17) is 12.2 Å². The minimum absolute atomic E-state index is 0.220. The molecule has 0 aliphatic carbocycles. The molecule has 4 nitrogen and oxygen atoms in total. The van der Waals surface area contributed by atoms with Gasteiger partial charge in [-0.15, -0.1) is 0 Å². The predicted molar refractivity (Wildman–Crippen MR) is 102 cm³/mol. The lowest BCUT2D eigenvalue weighted by molar-refractivity contribution is 0.624. The molecule has 128 valence electrons. The second-order valence-electron chi connectivity index (χ2n) is 5.21. The summed E-state index contributed by atoms with van der Waals surface area (Å²) >= 11 is 8.59. The summed E-state index contributed by atoms with van der Waals surface area (Å²) in [6, 6.07) is 12.4. The van der Waals surface area contributed by atoms with Crippen molar-refractivity contribution in [1.82, 2.24) is 9.78 Å². The number of nitrogens with zero attached hydrogens (tertiary/aromatic N) is 2.